The molecule has 0 spiro atoms. The molecule has 4 atom stereocenters. The number of hydrogen-bond acceptors (Lipinski definition) is 9. The summed E-state index contributed by atoms with van der Waals surface area (Å²) in [5, 5.41) is 37.9. The number of amides is 1. The average Bonchev–Trinajstić information content (AvgIpc) is 3.63. The number of hydrogen-bond donors (Lipinski definition) is 6. The summed E-state index contributed by atoms with van der Waals surface area (Å²) in [6.07, 6.45) is 4.63. The molecule has 2 aliphatic rings. The largest absolute Gasteiger partial charge is 0.481 e. The van der Waals surface area contributed by atoms with Crippen LogP contribution in [-0.2, 0) is 9.59 Å². The lowest BCUT2D eigenvalue weighted by atomic mass is 9.82. The SMILES string of the molecule is NC(CO)(CO)CO.O=C(O)[C@@H]1[C@H](C(=O)Nc2nc3ccc(Oc4ccccc4)cc3s2)[C@@H]2C=C[C@H]1C2. The van der Waals surface area contributed by atoms with Gasteiger partial charge in [-0.2, -0.15) is 0 Å². The van der Waals surface area contributed by atoms with E-state index in [4.69, 9.17) is 25.8 Å². The number of nitrogens with two attached hydrogens (primary N) is 1. The second-order valence-corrected chi connectivity index (χ2v) is 10.3. The predicted molar refractivity (Wildman–Crippen MR) is 138 cm³/mol. The highest BCUT2D eigenvalue weighted by Gasteiger charge is 2.51. The Bertz CT molecular complexity index is 1270. The van der Waals surface area contributed by atoms with E-state index in [0.717, 1.165) is 22.4 Å². The molecule has 196 valence electrons. The van der Waals surface area contributed by atoms with Crippen molar-refractivity contribution >= 4 is 38.6 Å². The van der Waals surface area contributed by atoms with Crippen LogP contribution in [0, 0.1) is 23.7 Å². The Labute approximate surface area is 217 Å². The molecule has 1 aromatic heterocycles. The van der Waals surface area contributed by atoms with Crippen LogP contribution in [0.3, 0.4) is 0 Å². The number of aliphatic hydroxyl groups is 3. The minimum atomic E-state index is -1.21. The van der Waals surface area contributed by atoms with Crippen molar-refractivity contribution in [2.24, 2.45) is 29.4 Å². The van der Waals surface area contributed by atoms with E-state index < -0.39 is 43.2 Å². The summed E-state index contributed by atoms with van der Waals surface area (Å²) in [6, 6.07) is 15.1. The zero-order valence-electron chi connectivity index (χ0n) is 19.9. The maximum absolute atomic E-state index is 12.8. The Morgan fingerprint density at radius 3 is 2.24 bits per heavy atom. The van der Waals surface area contributed by atoms with Crippen molar-refractivity contribution in [3.63, 3.8) is 0 Å². The lowest BCUT2D eigenvalue weighted by Gasteiger charge is -2.23. The number of carbonyl (C=O) groups is 2. The normalized spacial score (nSPS) is 21.9. The van der Waals surface area contributed by atoms with Gasteiger partial charge in [0.25, 0.3) is 0 Å². The molecule has 10 nitrogen and oxygen atoms in total. The van der Waals surface area contributed by atoms with Gasteiger partial charge in [-0.15, -0.1) is 0 Å². The van der Waals surface area contributed by atoms with Crippen molar-refractivity contribution < 1.29 is 34.8 Å². The van der Waals surface area contributed by atoms with Crippen molar-refractivity contribution in [2.75, 3.05) is 25.1 Å². The molecule has 11 heteroatoms. The van der Waals surface area contributed by atoms with Crippen molar-refractivity contribution in [2.45, 2.75) is 12.0 Å². The summed E-state index contributed by atoms with van der Waals surface area (Å²) < 4.78 is 6.74. The van der Waals surface area contributed by atoms with Crippen LogP contribution in [0.5, 0.6) is 11.5 Å². The van der Waals surface area contributed by atoms with Gasteiger partial charge in [-0.25, -0.2) is 4.98 Å². The molecule has 37 heavy (non-hydrogen) atoms. The third kappa shape index (κ3) is 5.97. The summed E-state index contributed by atoms with van der Waals surface area (Å²) in [4.78, 5) is 29.0. The van der Waals surface area contributed by atoms with Gasteiger partial charge < -0.3 is 36.2 Å². The Morgan fingerprint density at radius 1 is 1.00 bits per heavy atom. The quantitative estimate of drug-likeness (QED) is 0.240. The number of ether oxygens (including phenoxy) is 1. The van der Waals surface area contributed by atoms with Gasteiger partial charge in [-0.05, 0) is 42.5 Å². The van der Waals surface area contributed by atoms with Crippen LogP contribution in [-0.4, -0.2) is 62.6 Å². The molecule has 0 saturated heterocycles. The minimum Gasteiger partial charge on any atom is -0.481 e. The molecule has 1 amide bonds. The first-order valence-corrected chi connectivity index (χ1v) is 12.6. The first-order valence-electron chi connectivity index (χ1n) is 11.7. The standard InChI is InChI=1S/C22H18N2O4S.C4H11NO3/c25-20(18-12-6-7-13(10-12)19(18)21(26)27)24-22-23-16-9-8-15(11-17(16)29-22)28-14-4-2-1-3-5-14;5-4(1-6,2-7)3-8/h1-9,11-13,18-19H,10H2,(H,26,27)(H,23,24,25);6-8H,1-3,5H2/t12-,13+,18-,19+;/m1./s1. The van der Waals surface area contributed by atoms with E-state index in [1.165, 1.54) is 11.3 Å². The third-order valence-corrected chi connectivity index (χ3v) is 7.49. The van der Waals surface area contributed by atoms with Crippen LogP contribution in [0.1, 0.15) is 6.42 Å². The number of para-hydroxylation sites is 1. The fourth-order valence-corrected chi connectivity index (χ4v) is 5.40. The van der Waals surface area contributed by atoms with Crippen molar-refractivity contribution in [3.05, 3.63) is 60.7 Å². The molecular formula is C26H29N3O7S. The number of carboxylic acid groups (broad SMARTS) is 1. The Balaban J connectivity index is 0.000000349. The monoisotopic (exact) mass is 527 g/mol. The Hall–Kier alpha value is -3.35. The van der Waals surface area contributed by atoms with Crippen LogP contribution in [0.15, 0.2) is 60.7 Å². The van der Waals surface area contributed by atoms with Gasteiger partial charge in [0.1, 0.15) is 11.5 Å². The number of aromatic nitrogens is 1. The number of thiazole rings is 1. The fourth-order valence-electron chi connectivity index (χ4n) is 4.50. The van der Waals surface area contributed by atoms with Gasteiger partial charge in [0.15, 0.2) is 5.13 Å². The number of aliphatic carboxylic acids is 1. The van der Waals surface area contributed by atoms with Crippen LogP contribution in [0.25, 0.3) is 10.2 Å². The van der Waals surface area contributed by atoms with Crippen LogP contribution < -0.4 is 15.8 Å². The number of fused-ring (bicyclic) bond motifs is 3. The highest BCUT2D eigenvalue weighted by atomic mass is 32.1. The highest BCUT2D eigenvalue weighted by molar-refractivity contribution is 7.22. The van der Waals surface area contributed by atoms with E-state index in [-0.39, 0.29) is 17.7 Å². The second kappa shape index (κ2) is 11.4. The zero-order valence-corrected chi connectivity index (χ0v) is 20.7. The smallest absolute Gasteiger partial charge is 0.307 e. The third-order valence-electron chi connectivity index (χ3n) is 6.56. The molecule has 1 saturated carbocycles. The number of aliphatic hydroxyl groups excluding tert-OH is 3. The minimum absolute atomic E-state index is 0.0126. The Morgan fingerprint density at radius 2 is 1.65 bits per heavy atom. The van der Waals surface area contributed by atoms with Crippen molar-refractivity contribution in [1.82, 2.24) is 4.98 Å². The van der Waals surface area contributed by atoms with Gasteiger partial charge >= 0.3 is 5.97 Å². The molecule has 7 N–H and O–H groups in total. The van der Waals surface area contributed by atoms with Gasteiger partial charge in [-0.3, -0.25) is 9.59 Å². The first-order chi connectivity index (χ1) is 17.8. The molecule has 2 bridgehead atoms. The number of anilines is 1. The number of nitrogens with zero attached hydrogens (tertiary/aromatic N) is 1. The number of carboxylic acids is 1. The average molecular weight is 528 g/mol. The number of rotatable bonds is 8. The van der Waals surface area contributed by atoms with E-state index in [9.17, 15) is 14.7 Å². The molecule has 2 aromatic carbocycles. The van der Waals surface area contributed by atoms with E-state index in [2.05, 4.69) is 10.3 Å². The summed E-state index contributed by atoms with van der Waals surface area (Å²) in [5.41, 5.74) is 4.70. The zero-order chi connectivity index (χ0) is 26.6. The van der Waals surface area contributed by atoms with Crippen molar-refractivity contribution in [3.8, 4) is 11.5 Å². The number of allylic oxidation sites excluding steroid dienone is 2. The maximum Gasteiger partial charge on any atom is 0.307 e. The van der Waals surface area contributed by atoms with Gasteiger partial charge in [0.2, 0.25) is 5.91 Å². The summed E-state index contributed by atoms with van der Waals surface area (Å²) in [7, 11) is 0. The van der Waals surface area contributed by atoms with Gasteiger partial charge in [0.05, 0.1) is 47.4 Å². The van der Waals surface area contributed by atoms with Gasteiger partial charge in [0, 0.05) is 6.07 Å². The van der Waals surface area contributed by atoms with Crippen LogP contribution >= 0.6 is 11.3 Å². The molecule has 0 unspecified atom stereocenters. The first kappa shape index (κ1) is 26.7. The molecule has 2 aliphatic carbocycles. The molecular weight excluding hydrogens is 498 g/mol. The molecule has 0 aliphatic heterocycles. The van der Waals surface area contributed by atoms with E-state index in [1.54, 1.807) is 0 Å². The molecule has 1 fully saturated rings. The maximum atomic E-state index is 12.8. The number of carbonyl (C=O) groups excluding carboxylic acids is 1. The second-order valence-electron chi connectivity index (χ2n) is 9.23. The molecule has 0 radical (unpaired) electrons. The van der Waals surface area contributed by atoms with Crippen LogP contribution in [0.2, 0.25) is 0 Å². The van der Waals surface area contributed by atoms with E-state index in [1.807, 2.05) is 60.7 Å². The summed E-state index contributed by atoms with van der Waals surface area (Å²) in [6.45, 7) is -1.21. The van der Waals surface area contributed by atoms with Gasteiger partial charge in [-0.1, -0.05) is 41.7 Å². The lowest BCUT2D eigenvalue weighted by Crippen LogP contribution is -2.50. The number of nitrogens with one attached hydrogen (secondary N) is 1. The summed E-state index contributed by atoms with van der Waals surface area (Å²) in [5.74, 6) is -1.02. The van der Waals surface area contributed by atoms with Crippen LogP contribution in [0.4, 0.5) is 5.13 Å². The molecule has 3 aromatic rings. The number of benzene rings is 2. The topological polar surface area (TPSA) is 175 Å². The van der Waals surface area contributed by atoms with Crippen molar-refractivity contribution in [1.29, 1.82) is 0 Å². The lowest BCUT2D eigenvalue weighted by molar-refractivity contribution is -0.146. The highest BCUT2D eigenvalue weighted by Crippen LogP contribution is 2.48. The fraction of sp³-hybridized carbons (Fsp3) is 0.346. The van der Waals surface area contributed by atoms with E-state index >= 15 is 0 Å². The molecule has 1 heterocycles. The molecule has 5 rings (SSSR count). The Kier molecular flexibility index (Phi) is 8.20. The van der Waals surface area contributed by atoms with E-state index in [0.29, 0.717) is 10.9 Å². The summed E-state index contributed by atoms with van der Waals surface area (Å²) >= 11 is 1.35. The predicted octanol–water partition coefficient (Wildman–Crippen LogP) is 2.21.